The van der Waals surface area contributed by atoms with Gasteiger partial charge in [-0.1, -0.05) is 12.1 Å². The number of fused-ring (bicyclic) bond motifs is 1. The van der Waals surface area contributed by atoms with Crippen LogP contribution < -0.4 is 10.5 Å². The van der Waals surface area contributed by atoms with Gasteiger partial charge >= 0.3 is 0 Å². The van der Waals surface area contributed by atoms with E-state index < -0.39 is 0 Å². The molecule has 1 amide bonds. The Morgan fingerprint density at radius 1 is 1.29 bits per heavy atom. The summed E-state index contributed by atoms with van der Waals surface area (Å²) in [5.41, 5.74) is 8.61. The SMILES string of the molecule is COc1ccc(CC(=O)N2CC[C@H](c3nn(CCN)c4ncccc34)C2)cc1. The number of hydrogen-bond donors (Lipinski definition) is 1. The number of hydrogen-bond acceptors (Lipinski definition) is 5. The summed E-state index contributed by atoms with van der Waals surface area (Å²) in [6.07, 6.45) is 3.10. The summed E-state index contributed by atoms with van der Waals surface area (Å²) in [7, 11) is 1.64. The van der Waals surface area contributed by atoms with Gasteiger partial charge in [0.25, 0.3) is 0 Å². The van der Waals surface area contributed by atoms with Gasteiger partial charge < -0.3 is 15.4 Å². The van der Waals surface area contributed by atoms with Crippen LogP contribution in [0.3, 0.4) is 0 Å². The number of likely N-dealkylation sites (tertiary alicyclic amines) is 1. The molecule has 1 saturated heterocycles. The lowest BCUT2D eigenvalue weighted by Crippen LogP contribution is -2.29. The molecule has 2 N–H and O–H groups in total. The molecule has 0 bridgehead atoms. The molecule has 1 aliphatic heterocycles. The zero-order chi connectivity index (χ0) is 19.5. The zero-order valence-corrected chi connectivity index (χ0v) is 16.0. The number of ether oxygens (including phenoxy) is 1. The Balaban J connectivity index is 1.48. The van der Waals surface area contributed by atoms with E-state index in [2.05, 4.69) is 11.1 Å². The van der Waals surface area contributed by atoms with Crippen molar-refractivity contribution in [3.63, 3.8) is 0 Å². The minimum Gasteiger partial charge on any atom is -0.497 e. The van der Waals surface area contributed by atoms with Gasteiger partial charge in [0.2, 0.25) is 5.91 Å². The van der Waals surface area contributed by atoms with Gasteiger partial charge in [-0.15, -0.1) is 0 Å². The molecule has 7 nitrogen and oxygen atoms in total. The third-order valence-corrected chi connectivity index (χ3v) is 5.32. The second kappa shape index (κ2) is 7.98. The van der Waals surface area contributed by atoms with Crippen molar-refractivity contribution in [2.45, 2.75) is 25.3 Å². The second-order valence-corrected chi connectivity index (χ2v) is 7.12. The first-order valence-corrected chi connectivity index (χ1v) is 9.62. The summed E-state index contributed by atoms with van der Waals surface area (Å²) >= 11 is 0. The predicted molar refractivity (Wildman–Crippen MR) is 107 cm³/mol. The maximum atomic E-state index is 12.8. The van der Waals surface area contributed by atoms with Crippen molar-refractivity contribution in [1.82, 2.24) is 19.7 Å². The average Bonchev–Trinajstić information content (AvgIpc) is 3.34. The molecule has 1 aromatic carbocycles. The van der Waals surface area contributed by atoms with Crippen molar-refractivity contribution in [2.24, 2.45) is 5.73 Å². The Morgan fingerprint density at radius 2 is 2.11 bits per heavy atom. The number of nitrogens with zero attached hydrogens (tertiary/aromatic N) is 4. The van der Waals surface area contributed by atoms with Gasteiger partial charge in [-0.2, -0.15) is 5.10 Å². The third kappa shape index (κ3) is 3.57. The van der Waals surface area contributed by atoms with E-state index >= 15 is 0 Å². The molecular formula is C21H25N5O2. The van der Waals surface area contributed by atoms with Crippen molar-refractivity contribution >= 4 is 16.9 Å². The van der Waals surface area contributed by atoms with Crippen LogP contribution in [0.4, 0.5) is 0 Å². The first-order chi connectivity index (χ1) is 13.7. The molecule has 146 valence electrons. The van der Waals surface area contributed by atoms with E-state index in [1.807, 2.05) is 39.9 Å². The zero-order valence-electron chi connectivity index (χ0n) is 16.0. The van der Waals surface area contributed by atoms with E-state index in [1.54, 1.807) is 13.3 Å². The van der Waals surface area contributed by atoms with E-state index in [1.165, 1.54) is 0 Å². The highest BCUT2D eigenvalue weighted by atomic mass is 16.5. The maximum Gasteiger partial charge on any atom is 0.227 e. The first kappa shape index (κ1) is 18.4. The molecule has 0 unspecified atom stereocenters. The van der Waals surface area contributed by atoms with Crippen LogP contribution in [0.5, 0.6) is 5.75 Å². The fourth-order valence-electron chi connectivity index (χ4n) is 3.85. The Kier molecular flexibility index (Phi) is 5.25. The highest BCUT2D eigenvalue weighted by molar-refractivity contribution is 5.81. The summed E-state index contributed by atoms with van der Waals surface area (Å²) in [5.74, 6) is 1.17. The Hall–Kier alpha value is -2.93. The van der Waals surface area contributed by atoms with Gasteiger partial charge in [0.1, 0.15) is 5.75 Å². The number of methoxy groups -OCH3 is 1. The van der Waals surface area contributed by atoms with Gasteiger partial charge in [0, 0.05) is 37.1 Å². The molecule has 7 heteroatoms. The van der Waals surface area contributed by atoms with E-state index in [-0.39, 0.29) is 11.8 Å². The van der Waals surface area contributed by atoms with E-state index in [4.69, 9.17) is 15.6 Å². The minimum absolute atomic E-state index is 0.150. The van der Waals surface area contributed by atoms with Crippen LogP contribution in [-0.2, 0) is 17.8 Å². The third-order valence-electron chi connectivity index (χ3n) is 5.32. The van der Waals surface area contributed by atoms with Crippen molar-refractivity contribution in [1.29, 1.82) is 0 Å². The topological polar surface area (TPSA) is 86.3 Å². The van der Waals surface area contributed by atoms with Crippen LogP contribution in [0, 0.1) is 0 Å². The van der Waals surface area contributed by atoms with Crippen molar-refractivity contribution in [3.05, 3.63) is 53.9 Å². The second-order valence-electron chi connectivity index (χ2n) is 7.12. The number of carbonyl (C=O) groups is 1. The number of nitrogens with two attached hydrogens (primary N) is 1. The monoisotopic (exact) mass is 379 g/mol. The summed E-state index contributed by atoms with van der Waals surface area (Å²) < 4.78 is 7.06. The lowest BCUT2D eigenvalue weighted by atomic mass is 10.0. The number of aromatic nitrogens is 3. The molecule has 1 aliphatic rings. The van der Waals surface area contributed by atoms with Crippen LogP contribution in [0.2, 0.25) is 0 Å². The molecule has 2 aromatic heterocycles. The Morgan fingerprint density at radius 3 is 2.86 bits per heavy atom. The molecule has 3 heterocycles. The predicted octanol–water partition coefficient (Wildman–Crippen LogP) is 1.96. The van der Waals surface area contributed by atoms with Gasteiger partial charge in [-0.3, -0.25) is 4.79 Å². The van der Waals surface area contributed by atoms with Crippen LogP contribution in [-0.4, -0.2) is 52.3 Å². The number of pyridine rings is 1. The van der Waals surface area contributed by atoms with E-state index in [0.29, 0.717) is 26.1 Å². The van der Waals surface area contributed by atoms with Crippen LogP contribution in [0.15, 0.2) is 42.6 Å². The molecule has 1 atom stereocenters. The average molecular weight is 379 g/mol. The van der Waals surface area contributed by atoms with Crippen molar-refractivity contribution < 1.29 is 9.53 Å². The highest BCUT2D eigenvalue weighted by Crippen LogP contribution is 2.31. The largest absolute Gasteiger partial charge is 0.497 e. The molecule has 4 rings (SSSR count). The van der Waals surface area contributed by atoms with Crippen LogP contribution in [0.25, 0.3) is 11.0 Å². The van der Waals surface area contributed by atoms with Crippen LogP contribution >= 0.6 is 0 Å². The highest BCUT2D eigenvalue weighted by Gasteiger charge is 2.30. The number of amides is 1. The molecule has 0 radical (unpaired) electrons. The molecule has 28 heavy (non-hydrogen) atoms. The van der Waals surface area contributed by atoms with Gasteiger partial charge in [-0.05, 0) is 36.2 Å². The summed E-state index contributed by atoms with van der Waals surface area (Å²) in [6, 6.07) is 11.6. The number of rotatable bonds is 6. The molecule has 1 fully saturated rings. The molecule has 0 aliphatic carbocycles. The van der Waals surface area contributed by atoms with Gasteiger partial charge in [0.05, 0.1) is 25.8 Å². The fraction of sp³-hybridized carbons (Fsp3) is 0.381. The fourth-order valence-corrected chi connectivity index (χ4v) is 3.85. The molecule has 3 aromatic rings. The number of carbonyl (C=O) groups excluding carboxylic acids is 1. The molecule has 0 spiro atoms. The summed E-state index contributed by atoms with van der Waals surface area (Å²) in [4.78, 5) is 19.2. The molecular weight excluding hydrogens is 354 g/mol. The van der Waals surface area contributed by atoms with Crippen LogP contribution in [0.1, 0.15) is 23.6 Å². The van der Waals surface area contributed by atoms with Gasteiger partial charge in [0.15, 0.2) is 5.65 Å². The van der Waals surface area contributed by atoms with Crippen molar-refractivity contribution in [2.75, 3.05) is 26.7 Å². The minimum atomic E-state index is 0.150. The summed E-state index contributed by atoms with van der Waals surface area (Å²) in [6.45, 7) is 2.61. The maximum absolute atomic E-state index is 12.8. The number of benzene rings is 1. The normalized spacial score (nSPS) is 16.6. The lowest BCUT2D eigenvalue weighted by Gasteiger charge is -2.16. The lowest BCUT2D eigenvalue weighted by molar-refractivity contribution is -0.129. The Labute approximate surface area is 164 Å². The van der Waals surface area contributed by atoms with E-state index in [0.717, 1.165) is 41.0 Å². The quantitative estimate of drug-likeness (QED) is 0.707. The summed E-state index contributed by atoms with van der Waals surface area (Å²) in [5, 5.41) is 5.84. The Bertz CT molecular complexity index is 967. The first-order valence-electron chi connectivity index (χ1n) is 9.62. The smallest absolute Gasteiger partial charge is 0.227 e. The van der Waals surface area contributed by atoms with E-state index in [9.17, 15) is 4.79 Å². The van der Waals surface area contributed by atoms with Gasteiger partial charge in [-0.25, -0.2) is 9.67 Å². The van der Waals surface area contributed by atoms with Crippen molar-refractivity contribution in [3.8, 4) is 5.75 Å². The molecule has 0 saturated carbocycles. The standard InChI is InChI=1S/C21H25N5O2/c1-28-17-6-4-15(5-7-17)13-19(27)25-11-8-16(14-25)20-18-3-2-10-23-21(18)26(24-20)12-9-22/h2-7,10,16H,8-9,11-14,22H2,1H3/t16-/m0/s1.